The molecule has 1 aromatic heterocycles. The van der Waals surface area contributed by atoms with E-state index in [2.05, 4.69) is 16.9 Å². The number of carbonyl (C=O) groups is 2. The molecule has 0 spiro atoms. The summed E-state index contributed by atoms with van der Waals surface area (Å²) in [6.45, 7) is 7.94. The number of benzene rings is 2. The Hall–Kier alpha value is -3.65. The molecule has 1 N–H and O–H groups in total. The summed E-state index contributed by atoms with van der Waals surface area (Å²) in [6.07, 6.45) is 1.68. The first-order chi connectivity index (χ1) is 15.4. The number of fused-ring (bicyclic) bond motifs is 1. The summed E-state index contributed by atoms with van der Waals surface area (Å²) in [6, 6.07) is 11.4. The second-order valence-electron chi connectivity index (χ2n) is 7.41. The van der Waals surface area contributed by atoms with Crippen molar-refractivity contribution in [2.45, 2.75) is 13.8 Å². The van der Waals surface area contributed by atoms with Crippen LogP contribution >= 0.6 is 11.3 Å². The van der Waals surface area contributed by atoms with Crippen LogP contribution in [0.25, 0.3) is 11.3 Å². The number of nitrogens with one attached hydrogen (secondary N) is 1. The number of anilines is 2. The third-order valence-electron chi connectivity index (χ3n) is 4.96. The van der Waals surface area contributed by atoms with Crippen LogP contribution in [0, 0.1) is 13.8 Å². The fourth-order valence-corrected chi connectivity index (χ4v) is 4.05. The molecule has 0 saturated heterocycles. The van der Waals surface area contributed by atoms with E-state index in [1.807, 2.05) is 55.6 Å². The van der Waals surface area contributed by atoms with Crippen molar-refractivity contribution in [3.63, 3.8) is 0 Å². The quantitative estimate of drug-likeness (QED) is 0.542. The van der Waals surface area contributed by atoms with Gasteiger partial charge in [-0.1, -0.05) is 18.2 Å². The van der Waals surface area contributed by atoms with Gasteiger partial charge in [0.15, 0.2) is 18.3 Å². The Bertz CT molecular complexity index is 1190. The Morgan fingerprint density at radius 3 is 2.97 bits per heavy atom. The van der Waals surface area contributed by atoms with Gasteiger partial charge in [0.25, 0.3) is 11.8 Å². The van der Waals surface area contributed by atoms with Crippen molar-refractivity contribution in [2.75, 3.05) is 30.0 Å². The van der Waals surface area contributed by atoms with Crippen LogP contribution in [0.1, 0.15) is 11.1 Å². The number of rotatable bonds is 7. The zero-order chi connectivity index (χ0) is 22.7. The molecular formula is C24H23N3O4S. The second-order valence-corrected chi connectivity index (χ2v) is 8.27. The van der Waals surface area contributed by atoms with Crippen LogP contribution in [0.3, 0.4) is 0 Å². The molecule has 0 saturated carbocycles. The van der Waals surface area contributed by atoms with Gasteiger partial charge in [0.05, 0.1) is 11.4 Å². The lowest BCUT2D eigenvalue weighted by atomic mass is 10.1. The minimum atomic E-state index is -0.284. The summed E-state index contributed by atoms with van der Waals surface area (Å²) in [5, 5.41) is 5.10. The first-order valence-electron chi connectivity index (χ1n) is 10.1. The molecule has 0 atom stereocenters. The van der Waals surface area contributed by atoms with Gasteiger partial charge in [0.2, 0.25) is 0 Å². The van der Waals surface area contributed by atoms with Gasteiger partial charge in [-0.25, -0.2) is 4.98 Å². The summed E-state index contributed by atoms with van der Waals surface area (Å²) < 4.78 is 11.2. The van der Waals surface area contributed by atoms with Crippen molar-refractivity contribution in [1.82, 2.24) is 4.98 Å². The summed E-state index contributed by atoms with van der Waals surface area (Å²) in [5.41, 5.74) is 4.23. The van der Waals surface area contributed by atoms with Crippen molar-refractivity contribution in [3.8, 4) is 22.8 Å². The van der Waals surface area contributed by atoms with Gasteiger partial charge in [-0.15, -0.1) is 17.9 Å². The van der Waals surface area contributed by atoms with Crippen molar-refractivity contribution >= 4 is 34.0 Å². The summed E-state index contributed by atoms with van der Waals surface area (Å²) in [5.74, 6) is 0.926. The minimum absolute atomic E-state index is 0.0111. The standard InChI is InChI=1S/C24H23N3O4S/c1-4-9-27-19-11-17(7-8-20(19)31-13-23(27)29)18-14-32-24(25-18)26-22(28)12-30-21-10-15(2)5-6-16(21)3/h4-8,10-11,14H,1,9,12-13H2,2-3H3,(H,25,26,28). The predicted molar refractivity (Wildman–Crippen MR) is 126 cm³/mol. The highest BCUT2D eigenvalue weighted by Crippen LogP contribution is 2.36. The van der Waals surface area contributed by atoms with Crippen molar-refractivity contribution < 1.29 is 19.1 Å². The van der Waals surface area contributed by atoms with Crippen molar-refractivity contribution in [3.05, 3.63) is 65.6 Å². The van der Waals surface area contributed by atoms with Gasteiger partial charge in [0, 0.05) is 17.5 Å². The lowest BCUT2D eigenvalue weighted by Crippen LogP contribution is -2.38. The van der Waals surface area contributed by atoms with Crippen LogP contribution in [0.2, 0.25) is 0 Å². The number of nitrogens with zero attached hydrogens (tertiary/aromatic N) is 2. The Balaban J connectivity index is 1.45. The van der Waals surface area contributed by atoms with E-state index in [1.165, 1.54) is 11.3 Å². The largest absolute Gasteiger partial charge is 0.483 e. The zero-order valence-corrected chi connectivity index (χ0v) is 18.7. The number of carbonyl (C=O) groups excluding carboxylic acids is 2. The van der Waals surface area contributed by atoms with Gasteiger partial charge in [0.1, 0.15) is 11.5 Å². The number of aromatic nitrogens is 1. The second kappa shape index (κ2) is 9.23. The molecule has 0 aliphatic carbocycles. The summed E-state index contributed by atoms with van der Waals surface area (Å²) in [4.78, 5) is 30.7. The fourth-order valence-electron chi connectivity index (χ4n) is 3.32. The number of aryl methyl sites for hydroxylation is 2. The molecule has 0 unspecified atom stereocenters. The van der Waals surface area contributed by atoms with Crippen molar-refractivity contribution in [1.29, 1.82) is 0 Å². The number of hydrogen-bond donors (Lipinski definition) is 1. The molecule has 3 aromatic rings. The van der Waals surface area contributed by atoms with Gasteiger partial charge < -0.3 is 14.4 Å². The first kappa shape index (κ1) is 21.6. The molecule has 2 heterocycles. The molecule has 32 heavy (non-hydrogen) atoms. The van der Waals surface area contributed by atoms with E-state index in [0.717, 1.165) is 16.7 Å². The van der Waals surface area contributed by atoms with Gasteiger partial charge in [-0.2, -0.15) is 0 Å². The fraction of sp³-hybridized carbons (Fsp3) is 0.208. The van der Waals surface area contributed by atoms with Crippen LogP contribution < -0.4 is 19.7 Å². The number of ether oxygens (including phenoxy) is 2. The molecule has 1 aliphatic rings. The van der Waals surface area contributed by atoms with E-state index >= 15 is 0 Å². The number of thiazole rings is 1. The molecular weight excluding hydrogens is 426 g/mol. The molecule has 0 bridgehead atoms. The van der Waals surface area contributed by atoms with E-state index in [9.17, 15) is 9.59 Å². The Labute approximate surface area is 190 Å². The molecule has 4 rings (SSSR count). The van der Waals surface area contributed by atoms with E-state index in [0.29, 0.717) is 34.6 Å². The first-order valence-corrected chi connectivity index (χ1v) is 11.0. The van der Waals surface area contributed by atoms with Crippen LogP contribution in [0.4, 0.5) is 10.8 Å². The highest BCUT2D eigenvalue weighted by molar-refractivity contribution is 7.14. The third-order valence-corrected chi connectivity index (χ3v) is 5.72. The molecule has 0 radical (unpaired) electrons. The zero-order valence-electron chi connectivity index (χ0n) is 17.9. The monoisotopic (exact) mass is 449 g/mol. The normalized spacial score (nSPS) is 12.7. The average molecular weight is 450 g/mol. The molecule has 2 amide bonds. The molecule has 2 aromatic carbocycles. The highest BCUT2D eigenvalue weighted by Gasteiger charge is 2.25. The average Bonchev–Trinajstić information content (AvgIpc) is 3.24. The maximum absolute atomic E-state index is 12.3. The Morgan fingerprint density at radius 1 is 1.31 bits per heavy atom. The molecule has 1 aliphatic heterocycles. The maximum Gasteiger partial charge on any atom is 0.265 e. The summed E-state index contributed by atoms with van der Waals surface area (Å²) in [7, 11) is 0. The third kappa shape index (κ3) is 4.65. The Kier molecular flexibility index (Phi) is 6.23. The lowest BCUT2D eigenvalue weighted by Gasteiger charge is -2.28. The SMILES string of the molecule is C=CCN1C(=O)COc2ccc(-c3csc(NC(=O)COc4cc(C)ccc4C)n3)cc21. The van der Waals surface area contributed by atoms with Crippen LogP contribution in [0.5, 0.6) is 11.5 Å². The van der Waals surface area contributed by atoms with E-state index < -0.39 is 0 Å². The van der Waals surface area contributed by atoms with Crippen LogP contribution in [-0.2, 0) is 9.59 Å². The Morgan fingerprint density at radius 2 is 2.16 bits per heavy atom. The van der Waals surface area contributed by atoms with Gasteiger partial charge in [-0.05, 0) is 49.2 Å². The van der Waals surface area contributed by atoms with Crippen LogP contribution in [0.15, 0.2) is 54.4 Å². The topological polar surface area (TPSA) is 80.8 Å². The van der Waals surface area contributed by atoms with E-state index in [4.69, 9.17) is 9.47 Å². The molecule has 7 nitrogen and oxygen atoms in total. The molecule has 0 fully saturated rings. The minimum Gasteiger partial charge on any atom is -0.483 e. The maximum atomic E-state index is 12.3. The van der Waals surface area contributed by atoms with E-state index in [1.54, 1.807) is 11.0 Å². The van der Waals surface area contributed by atoms with Crippen LogP contribution in [-0.4, -0.2) is 36.6 Å². The van der Waals surface area contributed by atoms with Gasteiger partial charge >= 0.3 is 0 Å². The smallest absolute Gasteiger partial charge is 0.265 e. The van der Waals surface area contributed by atoms with E-state index in [-0.39, 0.29) is 25.0 Å². The molecule has 8 heteroatoms. The number of hydrogen-bond acceptors (Lipinski definition) is 6. The highest BCUT2D eigenvalue weighted by atomic mass is 32.1. The predicted octanol–water partition coefficient (Wildman–Crippen LogP) is 4.36. The number of amides is 2. The lowest BCUT2D eigenvalue weighted by molar-refractivity contribution is -0.121. The molecule has 164 valence electrons. The van der Waals surface area contributed by atoms with Crippen molar-refractivity contribution in [2.24, 2.45) is 0 Å². The summed E-state index contributed by atoms with van der Waals surface area (Å²) >= 11 is 1.32. The van der Waals surface area contributed by atoms with Gasteiger partial charge in [-0.3, -0.25) is 14.9 Å².